The molecule has 0 fully saturated rings. The monoisotopic (exact) mass is 371 g/mol. The average molecular weight is 372 g/mol. The van der Waals surface area contributed by atoms with Crippen molar-refractivity contribution in [1.29, 1.82) is 0 Å². The van der Waals surface area contributed by atoms with Gasteiger partial charge in [0.25, 0.3) is 5.91 Å². The molecule has 0 saturated carbocycles. The normalized spacial score (nSPS) is 16.3. The third-order valence-corrected chi connectivity index (χ3v) is 4.64. The highest BCUT2D eigenvalue weighted by Crippen LogP contribution is 2.38. The van der Waals surface area contributed by atoms with Crippen LogP contribution in [0.3, 0.4) is 0 Å². The number of hydrogen-bond acceptors (Lipinski definition) is 2. The maximum absolute atomic E-state index is 12.8. The first kappa shape index (κ1) is 15.8. The predicted molar refractivity (Wildman–Crippen MR) is 94.6 cm³/mol. The highest BCUT2D eigenvalue weighted by molar-refractivity contribution is 9.10. The van der Waals surface area contributed by atoms with Crippen molar-refractivity contribution in [3.63, 3.8) is 0 Å². The molecule has 0 radical (unpaired) electrons. The van der Waals surface area contributed by atoms with Gasteiger partial charge in [-0.25, -0.2) is 0 Å². The van der Waals surface area contributed by atoms with Gasteiger partial charge in [-0.1, -0.05) is 34.1 Å². The first-order chi connectivity index (χ1) is 11.1. The molecule has 2 aromatic rings. The molecule has 0 N–H and O–H groups in total. The zero-order valence-electron chi connectivity index (χ0n) is 13.0. The van der Waals surface area contributed by atoms with E-state index in [2.05, 4.69) is 22.5 Å². The number of nitrogens with zero attached hydrogens (tertiary/aromatic N) is 1. The number of benzene rings is 2. The molecule has 4 heteroatoms. The minimum absolute atomic E-state index is 0.0367. The van der Waals surface area contributed by atoms with Crippen LogP contribution in [0.2, 0.25) is 0 Å². The minimum Gasteiger partial charge on any atom is -0.497 e. The van der Waals surface area contributed by atoms with Crippen molar-refractivity contribution in [2.75, 3.05) is 7.11 Å². The number of amides is 1. The number of ether oxygens (including phenoxy) is 1. The lowest BCUT2D eigenvalue weighted by Gasteiger charge is -2.24. The van der Waals surface area contributed by atoms with Crippen molar-refractivity contribution < 1.29 is 9.53 Å². The fourth-order valence-corrected chi connectivity index (χ4v) is 3.37. The maximum Gasteiger partial charge on any atom is 0.255 e. The van der Waals surface area contributed by atoms with Gasteiger partial charge in [-0.05, 0) is 47.9 Å². The second-order valence-electron chi connectivity index (χ2n) is 5.55. The van der Waals surface area contributed by atoms with E-state index in [1.807, 2.05) is 53.4 Å². The van der Waals surface area contributed by atoms with Gasteiger partial charge < -0.3 is 9.64 Å². The lowest BCUT2D eigenvalue weighted by Crippen LogP contribution is -2.27. The number of carbonyl (C=O) groups excluding carboxylic acids is 1. The van der Waals surface area contributed by atoms with Crippen LogP contribution in [-0.2, 0) is 6.54 Å². The molecule has 2 aromatic carbocycles. The van der Waals surface area contributed by atoms with E-state index < -0.39 is 0 Å². The minimum atomic E-state index is 0.0367. The summed E-state index contributed by atoms with van der Waals surface area (Å²) in [7, 11) is 1.65. The maximum atomic E-state index is 12.8. The average Bonchev–Trinajstić information content (AvgIpc) is 2.81. The SMILES string of the molecule is C=CCC1c2cc(Br)ccc2C(=O)N1Cc1ccc(OC)cc1. The van der Waals surface area contributed by atoms with E-state index in [9.17, 15) is 4.79 Å². The molecular weight excluding hydrogens is 354 g/mol. The van der Waals surface area contributed by atoms with E-state index in [0.29, 0.717) is 6.54 Å². The summed E-state index contributed by atoms with van der Waals surface area (Å²) in [4.78, 5) is 14.7. The second-order valence-corrected chi connectivity index (χ2v) is 6.47. The molecule has 0 saturated heterocycles. The molecular formula is C19H18BrNO2. The number of methoxy groups -OCH3 is 1. The standard InChI is InChI=1S/C19H18BrNO2/c1-3-4-18-17-11-14(20)7-10-16(17)19(22)21(18)12-13-5-8-15(23-2)9-6-13/h3,5-11,18H,1,4,12H2,2H3. The van der Waals surface area contributed by atoms with Crippen LogP contribution in [0.15, 0.2) is 59.6 Å². The van der Waals surface area contributed by atoms with E-state index in [1.165, 1.54) is 0 Å². The smallest absolute Gasteiger partial charge is 0.255 e. The summed E-state index contributed by atoms with van der Waals surface area (Å²) in [5.41, 5.74) is 2.94. The molecule has 1 atom stereocenters. The van der Waals surface area contributed by atoms with Crippen LogP contribution in [0, 0.1) is 0 Å². The molecule has 1 amide bonds. The summed E-state index contributed by atoms with van der Waals surface area (Å²) < 4.78 is 6.17. The van der Waals surface area contributed by atoms with Crippen molar-refractivity contribution in [3.05, 3.63) is 76.3 Å². The van der Waals surface area contributed by atoms with Gasteiger partial charge in [0.2, 0.25) is 0 Å². The predicted octanol–water partition coefficient (Wildman–Crippen LogP) is 4.73. The number of halogens is 1. The summed E-state index contributed by atoms with van der Waals surface area (Å²) in [6.07, 6.45) is 2.61. The van der Waals surface area contributed by atoms with E-state index >= 15 is 0 Å². The van der Waals surface area contributed by atoms with Crippen LogP contribution >= 0.6 is 15.9 Å². The van der Waals surface area contributed by atoms with Crippen LogP contribution in [0.4, 0.5) is 0 Å². The molecule has 3 nitrogen and oxygen atoms in total. The molecule has 3 rings (SSSR count). The number of rotatable bonds is 5. The Balaban J connectivity index is 1.91. The quantitative estimate of drug-likeness (QED) is 0.710. The molecule has 0 aromatic heterocycles. The van der Waals surface area contributed by atoms with E-state index in [1.54, 1.807) is 7.11 Å². The van der Waals surface area contributed by atoms with Gasteiger partial charge in [-0.2, -0.15) is 0 Å². The number of hydrogen-bond donors (Lipinski definition) is 0. The fraction of sp³-hybridized carbons (Fsp3) is 0.211. The van der Waals surface area contributed by atoms with Gasteiger partial charge >= 0.3 is 0 Å². The molecule has 0 aliphatic carbocycles. The number of fused-ring (bicyclic) bond motifs is 1. The van der Waals surface area contributed by atoms with E-state index in [-0.39, 0.29) is 11.9 Å². The molecule has 0 bridgehead atoms. The van der Waals surface area contributed by atoms with Crippen LogP contribution in [0.1, 0.15) is 33.9 Å². The largest absolute Gasteiger partial charge is 0.497 e. The fourth-order valence-electron chi connectivity index (χ4n) is 2.99. The zero-order chi connectivity index (χ0) is 16.4. The Morgan fingerprint density at radius 2 is 2.00 bits per heavy atom. The summed E-state index contributed by atoms with van der Waals surface area (Å²) in [6, 6.07) is 13.7. The van der Waals surface area contributed by atoms with Gasteiger partial charge in [0.1, 0.15) is 5.75 Å². The Morgan fingerprint density at radius 1 is 1.26 bits per heavy atom. The van der Waals surface area contributed by atoms with Crippen molar-refractivity contribution in [3.8, 4) is 5.75 Å². The van der Waals surface area contributed by atoms with Crippen LogP contribution in [0.5, 0.6) is 5.75 Å². The first-order valence-electron chi connectivity index (χ1n) is 7.48. The lowest BCUT2D eigenvalue weighted by molar-refractivity contribution is 0.0711. The van der Waals surface area contributed by atoms with Crippen LogP contribution < -0.4 is 4.74 Å². The summed E-state index contributed by atoms with van der Waals surface area (Å²) in [5, 5.41) is 0. The Hall–Kier alpha value is -2.07. The van der Waals surface area contributed by atoms with E-state index in [4.69, 9.17) is 4.74 Å². The Morgan fingerprint density at radius 3 is 2.65 bits per heavy atom. The van der Waals surface area contributed by atoms with Crippen molar-refractivity contribution in [1.82, 2.24) is 4.90 Å². The Labute approximate surface area is 144 Å². The topological polar surface area (TPSA) is 29.5 Å². The van der Waals surface area contributed by atoms with Crippen LogP contribution in [0.25, 0.3) is 0 Å². The van der Waals surface area contributed by atoms with E-state index in [0.717, 1.165) is 33.3 Å². The highest BCUT2D eigenvalue weighted by Gasteiger charge is 2.35. The Kier molecular flexibility index (Phi) is 4.53. The summed E-state index contributed by atoms with van der Waals surface area (Å²) in [6.45, 7) is 4.42. The molecule has 1 aliphatic heterocycles. The van der Waals surface area contributed by atoms with Crippen LogP contribution in [-0.4, -0.2) is 17.9 Å². The van der Waals surface area contributed by atoms with Crippen molar-refractivity contribution >= 4 is 21.8 Å². The van der Waals surface area contributed by atoms with Gasteiger partial charge in [0, 0.05) is 16.6 Å². The molecule has 0 spiro atoms. The molecule has 118 valence electrons. The van der Waals surface area contributed by atoms with Gasteiger partial charge in [0.05, 0.1) is 13.2 Å². The zero-order valence-corrected chi connectivity index (χ0v) is 14.5. The highest BCUT2D eigenvalue weighted by atomic mass is 79.9. The molecule has 1 aliphatic rings. The van der Waals surface area contributed by atoms with Gasteiger partial charge in [0.15, 0.2) is 0 Å². The molecule has 23 heavy (non-hydrogen) atoms. The summed E-state index contributed by atoms with van der Waals surface area (Å²) in [5.74, 6) is 0.895. The summed E-state index contributed by atoms with van der Waals surface area (Å²) >= 11 is 3.50. The Bertz CT molecular complexity index is 740. The lowest BCUT2D eigenvalue weighted by atomic mass is 10.0. The van der Waals surface area contributed by atoms with Gasteiger partial charge in [-0.3, -0.25) is 4.79 Å². The third kappa shape index (κ3) is 3.04. The van der Waals surface area contributed by atoms with Crippen molar-refractivity contribution in [2.45, 2.75) is 19.0 Å². The first-order valence-corrected chi connectivity index (χ1v) is 8.27. The third-order valence-electron chi connectivity index (χ3n) is 4.14. The number of carbonyl (C=O) groups is 1. The second kappa shape index (κ2) is 6.59. The van der Waals surface area contributed by atoms with Crippen molar-refractivity contribution in [2.24, 2.45) is 0 Å². The van der Waals surface area contributed by atoms with Gasteiger partial charge in [-0.15, -0.1) is 6.58 Å². The molecule has 1 unspecified atom stereocenters. The molecule has 1 heterocycles.